The van der Waals surface area contributed by atoms with E-state index in [0.717, 1.165) is 44.9 Å². The van der Waals surface area contributed by atoms with Crippen LogP contribution in [0.5, 0.6) is 0 Å². The number of unbranched alkanes of at least 4 members (excludes halogenated alkanes) is 51. The first-order chi connectivity index (χ1) is 36.5. The van der Waals surface area contributed by atoms with Crippen LogP contribution in [0.2, 0.25) is 0 Å². The van der Waals surface area contributed by atoms with E-state index in [2.05, 4.69) is 31.3 Å². The van der Waals surface area contributed by atoms with Crippen molar-refractivity contribution in [2.45, 2.75) is 398 Å². The standard InChI is InChI=1S/C68H133NO5/c1-3-5-7-9-11-13-15-17-18-19-20-28-31-34-37-40-44-48-52-56-60-66(71)65(64-70)69-67(72)61-57-53-49-45-41-38-35-32-29-26-24-22-21-23-25-27-30-33-36-39-43-47-51-55-59-63-74-68(73)62-58-54-50-46-42-16-14-12-10-8-6-4-2/h12,14,65-66,70-71H,3-11,13,15-64H2,1-2H3,(H,69,72)/b14-12-. The average molecular weight is 1040 g/mol. The number of aliphatic hydroxyl groups is 2. The number of aliphatic hydroxyl groups excluding tert-OH is 2. The van der Waals surface area contributed by atoms with Crippen LogP contribution >= 0.6 is 0 Å². The maximum absolute atomic E-state index is 12.5. The molecule has 440 valence electrons. The van der Waals surface area contributed by atoms with Gasteiger partial charge in [0.15, 0.2) is 0 Å². The summed E-state index contributed by atoms with van der Waals surface area (Å²) in [5, 5.41) is 23.4. The minimum absolute atomic E-state index is 0.00720. The van der Waals surface area contributed by atoms with Gasteiger partial charge in [-0.2, -0.15) is 0 Å². The molecular formula is C68H133NO5. The van der Waals surface area contributed by atoms with Crippen LogP contribution in [0.1, 0.15) is 386 Å². The van der Waals surface area contributed by atoms with Crippen LogP contribution < -0.4 is 5.32 Å². The summed E-state index contributed by atoms with van der Waals surface area (Å²) in [6, 6.07) is -0.540. The molecule has 0 aliphatic carbocycles. The van der Waals surface area contributed by atoms with E-state index in [-0.39, 0.29) is 18.5 Å². The molecule has 0 aromatic rings. The third kappa shape index (κ3) is 59.8. The number of esters is 1. The first kappa shape index (κ1) is 72.6. The van der Waals surface area contributed by atoms with E-state index in [0.29, 0.717) is 25.9 Å². The van der Waals surface area contributed by atoms with Crippen LogP contribution in [0.15, 0.2) is 12.2 Å². The first-order valence-corrected chi connectivity index (χ1v) is 33.9. The van der Waals surface area contributed by atoms with Gasteiger partial charge in [0.25, 0.3) is 0 Å². The Morgan fingerprint density at radius 3 is 0.986 bits per heavy atom. The van der Waals surface area contributed by atoms with Crippen molar-refractivity contribution in [1.29, 1.82) is 0 Å². The molecule has 0 aliphatic rings. The SMILES string of the molecule is CCCCC/C=C\CCCCCCCC(=O)OCCCCCCCCCCCCCCCCCCCCCCCCCCCC(=O)NC(CO)C(O)CCCCCCCCCCCCCCCCCCCCCC. The molecule has 0 aromatic heterocycles. The fraction of sp³-hybridized carbons (Fsp3) is 0.941. The number of rotatable bonds is 64. The second-order valence-corrected chi connectivity index (χ2v) is 23.5. The fourth-order valence-electron chi connectivity index (χ4n) is 10.9. The average Bonchev–Trinajstić information content (AvgIpc) is 3.40. The third-order valence-electron chi connectivity index (χ3n) is 16.1. The lowest BCUT2D eigenvalue weighted by Crippen LogP contribution is -2.45. The number of ether oxygens (including phenoxy) is 1. The zero-order valence-electron chi connectivity index (χ0n) is 50.4. The maximum atomic E-state index is 12.5. The zero-order valence-corrected chi connectivity index (χ0v) is 50.4. The molecule has 2 unspecified atom stereocenters. The van der Waals surface area contributed by atoms with E-state index in [1.165, 1.54) is 308 Å². The van der Waals surface area contributed by atoms with Crippen molar-refractivity contribution in [3.8, 4) is 0 Å². The summed E-state index contributed by atoms with van der Waals surface area (Å²) in [6.45, 7) is 4.97. The highest BCUT2D eigenvalue weighted by Crippen LogP contribution is 2.19. The van der Waals surface area contributed by atoms with Crippen LogP contribution in [0.3, 0.4) is 0 Å². The van der Waals surface area contributed by atoms with Crippen LogP contribution in [0, 0.1) is 0 Å². The molecule has 0 saturated carbocycles. The second kappa shape index (κ2) is 64.1. The van der Waals surface area contributed by atoms with Crippen molar-refractivity contribution in [1.82, 2.24) is 5.32 Å². The number of hydrogen-bond acceptors (Lipinski definition) is 5. The number of amides is 1. The first-order valence-electron chi connectivity index (χ1n) is 33.9. The lowest BCUT2D eigenvalue weighted by molar-refractivity contribution is -0.143. The van der Waals surface area contributed by atoms with Crippen LogP contribution in [-0.4, -0.2) is 47.4 Å². The highest BCUT2D eigenvalue weighted by molar-refractivity contribution is 5.76. The van der Waals surface area contributed by atoms with Crippen molar-refractivity contribution in [3.05, 3.63) is 12.2 Å². The Morgan fingerprint density at radius 2 is 0.635 bits per heavy atom. The number of carbonyl (C=O) groups excluding carboxylic acids is 2. The Bertz CT molecular complexity index is 1110. The van der Waals surface area contributed by atoms with Gasteiger partial charge < -0.3 is 20.3 Å². The van der Waals surface area contributed by atoms with Crippen LogP contribution in [0.25, 0.3) is 0 Å². The molecule has 3 N–H and O–H groups in total. The summed E-state index contributed by atoms with van der Waals surface area (Å²) in [7, 11) is 0. The van der Waals surface area contributed by atoms with Gasteiger partial charge in [-0.05, 0) is 51.4 Å². The Hall–Kier alpha value is -1.40. The number of hydrogen-bond donors (Lipinski definition) is 3. The van der Waals surface area contributed by atoms with E-state index in [9.17, 15) is 19.8 Å². The van der Waals surface area contributed by atoms with Gasteiger partial charge in [-0.15, -0.1) is 0 Å². The van der Waals surface area contributed by atoms with E-state index in [1.807, 2.05) is 0 Å². The molecule has 74 heavy (non-hydrogen) atoms. The van der Waals surface area contributed by atoms with Crippen LogP contribution in [-0.2, 0) is 14.3 Å². The van der Waals surface area contributed by atoms with Gasteiger partial charge in [0.2, 0.25) is 5.91 Å². The number of carbonyl (C=O) groups is 2. The molecule has 0 rings (SSSR count). The smallest absolute Gasteiger partial charge is 0.305 e. The predicted molar refractivity (Wildman–Crippen MR) is 324 cm³/mol. The molecule has 2 atom stereocenters. The monoisotopic (exact) mass is 1040 g/mol. The van der Waals surface area contributed by atoms with E-state index < -0.39 is 12.1 Å². The largest absolute Gasteiger partial charge is 0.466 e. The Balaban J connectivity index is 3.36. The van der Waals surface area contributed by atoms with Crippen molar-refractivity contribution in [2.24, 2.45) is 0 Å². The summed E-state index contributed by atoms with van der Waals surface area (Å²) in [6.07, 6.45) is 78.2. The molecule has 0 spiro atoms. The van der Waals surface area contributed by atoms with E-state index >= 15 is 0 Å². The summed E-state index contributed by atoms with van der Waals surface area (Å²) in [5.74, 6) is -0.0216. The second-order valence-electron chi connectivity index (χ2n) is 23.5. The third-order valence-corrected chi connectivity index (χ3v) is 16.1. The Kier molecular flexibility index (Phi) is 62.9. The molecule has 0 saturated heterocycles. The van der Waals surface area contributed by atoms with Crippen molar-refractivity contribution in [3.63, 3.8) is 0 Å². The summed E-state index contributed by atoms with van der Waals surface area (Å²) in [5.41, 5.74) is 0. The Labute approximate surface area is 463 Å². The topological polar surface area (TPSA) is 95.9 Å². The summed E-state index contributed by atoms with van der Waals surface area (Å²) >= 11 is 0. The van der Waals surface area contributed by atoms with E-state index in [4.69, 9.17) is 4.74 Å². The van der Waals surface area contributed by atoms with Gasteiger partial charge in [0.1, 0.15) is 0 Å². The molecule has 0 bridgehead atoms. The fourth-order valence-corrected chi connectivity index (χ4v) is 10.9. The van der Waals surface area contributed by atoms with Gasteiger partial charge in [0.05, 0.1) is 25.4 Å². The molecule has 0 aliphatic heterocycles. The molecule has 6 nitrogen and oxygen atoms in total. The molecule has 6 heteroatoms. The highest BCUT2D eigenvalue weighted by atomic mass is 16.5. The summed E-state index contributed by atoms with van der Waals surface area (Å²) < 4.78 is 5.47. The van der Waals surface area contributed by atoms with E-state index in [1.54, 1.807) is 0 Å². The number of nitrogens with one attached hydrogen (secondary N) is 1. The zero-order chi connectivity index (χ0) is 53.6. The summed E-state index contributed by atoms with van der Waals surface area (Å²) in [4.78, 5) is 24.6. The highest BCUT2D eigenvalue weighted by Gasteiger charge is 2.20. The minimum atomic E-state index is -0.663. The number of allylic oxidation sites excluding steroid dienone is 2. The minimum Gasteiger partial charge on any atom is -0.466 e. The van der Waals surface area contributed by atoms with Gasteiger partial charge in [-0.3, -0.25) is 9.59 Å². The molecule has 0 heterocycles. The molecular weight excluding hydrogens is 911 g/mol. The predicted octanol–water partition coefficient (Wildman–Crippen LogP) is 21.6. The normalized spacial score (nSPS) is 12.5. The van der Waals surface area contributed by atoms with Crippen molar-refractivity contribution < 1.29 is 24.5 Å². The van der Waals surface area contributed by atoms with Gasteiger partial charge >= 0.3 is 5.97 Å². The van der Waals surface area contributed by atoms with Crippen LogP contribution in [0.4, 0.5) is 0 Å². The van der Waals surface area contributed by atoms with Gasteiger partial charge in [-0.1, -0.05) is 334 Å². The molecule has 0 radical (unpaired) electrons. The lowest BCUT2D eigenvalue weighted by atomic mass is 10.0. The Morgan fingerprint density at radius 1 is 0.365 bits per heavy atom. The maximum Gasteiger partial charge on any atom is 0.305 e. The molecule has 0 aromatic carbocycles. The van der Waals surface area contributed by atoms with Crippen molar-refractivity contribution >= 4 is 11.9 Å². The molecule has 0 fully saturated rings. The van der Waals surface area contributed by atoms with Gasteiger partial charge in [-0.25, -0.2) is 0 Å². The van der Waals surface area contributed by atoms with Crippen molar-refractivity contribution in [2.75, 3.05) is 13.2 Å². The quantitative estimate of drug-likeness (QED) is 0.0320. The molecule has 1 amide bonds. The van der Waals surface area contributed by atoms with Gasteiger partial charge in [0, 0.05) is 12.8 Å². The lowest BCUT2D eigenvalue weighted by Gasteiger charge is -2.22.